The van der Waals surface area contributed by atoms with E-state index in [9.17, 15) is 4.79 Å². The maximum atomic E-state index is 11.9. The molecule has 0 saturated heterocycles. The molecule has 1 unspecified atom stereocenters. The van der Waals surface area contributed by atoms with Crippen molar-refractivity contribution in [1.29, 1.82) is 0 Å². The predicted octanol–water partition coefficient (Wildman–Crippen LogP) is 4.10. The van der Waals surface area contributed by atoms with Gasteiger partial charge in [0.1, 0.15) is 0 Å². The molecule has 0 aliphatic carbocycles. The summed E-state index contributed by atoms with van der Waals surface area (Å²) in [7, 11) is 0. The number of esters is 1. The number of cyclic esters (lactones) is 1. The summed E-state index contributed by atoms with van der Waals surface area (Å²) < 4.78 is 5.53. The Labute approximate surface area is 116 Å². The van der Waals surface area contributed by atoms with Crippen molar-refractivity contribution in [2.24, 2.45) is 0 Å². The summed E-state index contributed by atoms with van der Waals surface area (Å²) >= 11 is 0. The number of carbonyl (C=O) groups is 1. The molecule has 4 rings (SSSR count). The van der Waals surface area contributed by atoms with E-state index >= 15 is 0 Å². The zero-order valence-corrected chi connectivity index (χ0v) is 10.7. The predicted molar refractivity (Wildman–Crippen MR) is 77.6 cm³/mol. The molecule has 0 radical (unpaired) electrons. The maximum absolute atomic E-state index is 11.9. The minimum atomic E-state index is -0.289. The number of carbonyl (C=O) groups excluding carboxylic acids is 1. The van der Waals surface area contributed by atoms with Gasteiger partial charge in [0.2, 0.25) is 0 Å². The molecule has 0 amide bonds. The molecule has 96 valence electrons. The van der Waals surface area contributed by atoms with E-state index in [1.807, 2.05) is 42.5 Å². The highest BCUT2D eigenvalue weighted by Crippen LogP contribution is 2.36. The molecular weight excluding hydrogens is 248 g/mol. The largest absolute Gasteiger partial charge is 0.449 e. The number of benzene rings is 3. The van der Waals surface area contributed by atoms with Crippen LogP contribution in [0.2, 0.25) is 0 Å². The van der Waals surface area contributed by atoms with Crippen LogP contribution >= 0.6 is 0 Å². The summed E-state index contributed by atoms with van der Waals surface area (Å²) in [5, 5.41) is 2.35. The zero-order chi connectivity index (χ0) is 13.5. The van der Waals surface area contributed by atoms with E-state index < -0.39 is 0 Å². The highest BCUT2D eigenvalue weighted by molar-refractivity contribution is 5.94. The lowest BCUT2D eigenvalue weighted by Gasteiger charge is -2.12. The van der Waals surface area contributed by atoms with Crippen LogP contribution in [0.4, 0.5) is 0 Å². The fourth-order valence-corrected chi connectivity index (χ4v) is 2.76. The molecule has 2 nitrogen and oxygen atoms in total. The van der Waals surface area contributed by atoms with Crippen LogP contribution in [0.25, 0.3) is 10.8 Å². The summed E-state index contributed by atoms with van der Waals surface area (Å²) in [6.45, 7) is 0. The summed E-state index contributed by atoms with van der Waals surface area (Å²) in [5.74, 6) is -0.237. The average Bonchev–Trinajstić information content (AvgIpc) is 2.85. The molecule has 20 heavy (non-hydrogen) atoms. The van der Waals surface area contributed by atoms with Gasteiger partial charge in [0.15, 0.2) is 6.10 Å². The molecule has 1 atom stereocenters. The molecular formula is C18H12O2. The Morgan fingerprint density at radius 2 is 1.55 bits per heavy atom. The third-order valence-corrected chi connectivity index (χ3v) is 3.76. The fourth-order valence-electron chi connectivity index (χ4n) is 2.76. The average molecular weight is 260 g/mol. The molecule has 1 heterocycles. The first-order chi connectivity index (χ1) is 9.83. The topological polar surface area (TPSA) is 26.3 Å². The highest BCUT2D eigenvalue weighted by Gasteiger charge is 2.31. The van der Waals surface area contributed by atoms with Gasteiger partial charge in [0.05, 0.1) is 5.56 Å². The van der Waals surface area contributed by atoms with Crippen LogP contribution in [-0.2, 0) is 4.74 Å². The van der Waals surface area contributed by atoms with Gasteiger partial charge in [0.25, 0.3) is 0 Å². The van der Waals surface area contributed by atoms with Crippen molar-refractivity contribution in [3.63, 3.8) is 0 Å². The van der Waals surface area contributed by atoms with Crippen LogP contribution in [0.1, 0.15) is 27.6 Å². The van der Waals surface area contributed by atoms with Crippen molar-refractivity contribution >= 4 is 16.7 Å². The van der Waals surface area contributed by atoms with Gasteiger partial charge in [-0.1, -0.05) is 54.6 Å². The third kappa shape index (κ3) is 1.62. The monoisotopic (exact) mass is 260 g/mol. The Kier molecular flexibility index (Phi) is 2.36. The SMILES string of the molecule is O=C1OC(c2ccc3ccccc3c2)c2ccccc21. The van der Waals surface area contributed by atoms with Gasteiger partial charge in [-0.15, -0.1) is 0 Å². The van der Waals surface area contributed by atoms with E-state index in [1.165, 1.54) is 5.39 Å². The standard InChI is InChI=1S/C18H12O2/c19-18-16-8-4-3-7-15(16)17(20-18)14-10-9-12-5-1-2-6-13(12)11-14/h1-11,17H. The van der Waals surface area contributed by atoms with E-state index in [2.05, 4.69) is 24.3 Å². The Hall–Kier alpha value is -2.61. The van der Waals surface area contributed by atoms with Crippen LogP contribution in [0, 0.1) is 0 Å². The normalized spacial score (nSPS) is 17.0. The van der Waals surface area contributed by atoms with Gasteiger partial charge in [-0.25, -0.2) is 4.79 Å². The van der Waals surface area contributed by atoms with Crippen LogP contribution in [0.15, 0.2) is 66.7 Å². The van der Waals surface area contributed by atoms with E-state index in [-0.39, 0.29) is 12.1 Å². The molecule has 2 heteroatoms. The molecule has 0 N–H and O–H groups in total. The van der Waals surface area contributed by atoms with E-state index in [0.29, 0.717) is 5.56 Å². The maximum Gasteiger partial charge on any atom is 0.339 e. The van der Waals surface area contributed by atoms with Crippen molar-refractivity contribution < 1.29 is 9.53 Å². The van der Waals surface area contributed by atoms with E-state index in [4.69, 9.17) is 4.74 Å². The summed E-state index contributed by atoms with van der Waals surface area (Å²) in [5.41, 5.74) is 2.64. The fraction of sp³-hybridized carbons (Fsp3) is 0.0556. The third-order valence-electron chi connectivity index (χ3n) is 3.76. The van der Waals surface area contributed by atoms with Gasteiger partial charge in [-0.2, -0.15) is 0 Å². The van der Waals surface area contributed by atoms with Crippen molar-refractivity contribution in [2.45, 2.75) is 6.10 Å². The molecule has 0 aromatic heterocycles. The van der Waals surface area contributed by atoms with Crippen LogP contribution in [0.3, 0.4) is 0 Å². The van der Waals surface area contributed by atoms with Crippen molar-refractivity contribution in [3.8, 4) is 0 Å². The molecule has 0 saturated carbocycles. The van der Waals surface area contributed by atoms with E-state index in [0.717, 1.165) is 16.5 Å². The molecule has 0 fully saturated rings. The lowest BCUT2D eigenvalue weighted by atomic mass is 9.97. The minimum absolute atomic E-state index is 0.237. The van der Waals surface area contributed by atoms with E-state index in [1.54, 1.807) is 0 Å². The number of fused-ring (bicyclic) bond motifs is 2. The first-order valence-corrected chi connectivity index (χ1v) is 6.61. The summed E-state index contributed by atoms with van der Waals surface area (Å²) in [6.07, 6.45) is -0.289. The number of rotatable bonds is 1. The quantitative estimate of drug-likeness (QED) is 0.616. The lowest BCUT2D eigenvalue weighted by molar-refractivity contribution is 0.0456. The molecule has 0 bridgehead atoms. The van der Waals surface area contributed by atoms with Crippen molar-refractivity contribution in [2.75, 3.05) is 0 Å². The number of hydrogen-bond donors (Lipinski definition) is 0. The molecule has 1 aliphatic heterocycles. The first kappa shape index (κ1) is 11.2. The zero-order valence-electron chi connectivity index (χ0n) is 10.7. The molecule has 0 spiro atoms. The van der Waals surface area contributed by atoms with Gasteiger partial charge in [-0.3, -0.25) is 0 Å². The minimum Gasteiger partial charge on any atom is -0.449 e. The molecule has 1 aliphatic rings. The summed E-state index contributed by atoms with van der Waals surface area (Å²) in [6, 6.07) is 22.0. The Morgan fingerprint density at radius 3 is 2.45 bits per heavy atom. The van der Waals surface area contributed by atoms with Gasteiger partial charge in [0, 0.05) is 5.56 Å². The summed E-state index contributed by atoms with van der Waals surface area (Å²) in [4.78, 5) is 11.9. The smallest absolute Gasteiger partial charge is 0.339 e. The first-order valence-electron chi connectivity index (χ1n) is 6.61. The number of ether oxygens (including phenoxy) is 1. The van der Waals surface area contributed by atoms with Crippen molar-refractivity contribution in [1.82, 2.24) is 0 Å². The Bertz CT molecular complexity index is 820. The second-order valence-electron chi connectivity index (χ2n) is 4.98. The molecule has 3 aromatic carbocycles. The highest BCUT2D eigenvalue weighted by atomic mass is 16.5. The molecule has 3 aromatic rings. The van der Waals surface area contributed by atoms with Crippen LogP contribution < -0.4 is 0 Å². The number of hydrogen-bond acceptors (Lipinski definition) is 2. The van der Waals surface area contributed by atoms with Gasteiger partial charge >= 0.3 is 5.97 Å². The van der Waals surface area contributed by atoms with Gasteiger partial charge < -0.3 is 4.74 Å². The lowest BCUT2D eigenvalue weighted by Crippen LogP contribution is -2.00. The second kappa shape index (κ2) is 4.20. The van der Waals surface area contributed by atoms with Gasteiger partial charge in [-0.05, 0) is 28.5 Å². The van der Waals surface area contributed by atoms with Crippen LogP contribution in [-0.4, -0.2) is 5.97 Å². The van der Waals surface area contributed by atoms with Crippen LogP contribution in [0.5, 0.6) is 0 Å². The van der Waals surface area contributed by atoms with Crippen molar-refractivity contribution in [3.05, 3.63) is 83.4 Å². The Morgan fingerprint density at radius 1 is 0.800 bits per heavy atom. The second-order valence-corrected chi connectivity index (χ2v) is 4.98. The Balaban J connectivity index is 1.86.